The van der Waals surface area contributed by atoms with E-state index in [1.807, 2.05) is 0 Å². The van der Waals surface area contributed by atoms with Crippen LogP contribution in [0.15, 0.2) is 12.7 Å². The number of fused-ring (bicyclic) bond motifs is 1. The first-order chi connectivity index (χ1) is 16.1. The van der Waals surface area contributed by atoms with Gasteiger partial charge in [0.25, 0.3) is 5.92 Å². The Labute approximate surface area is 199 Å². The lowest BCUT2D eigenvalue weighted by Crippen LogP contribution is -2.50. The summed E-state index contributed by atoms with van der Waals surface area (Å²) >= 11 is 0. The van der Waals surface area contributed by atoms with Crippen LogP contribution in [-0.2, 0) is 19.1 Å². The first-order valence-electron chi connectivity index (χ1n) is 9.96. The Balaban J connectivity index is 0.000000720. The molecule has 3 N–H and O–H groups in total. The quantitative estimate of drug-likeness (QED) is 0.264. The van der Waals surface area contributed by atoms with Crippen LogP contribution in [0.1, 0.15) is 20.3 Å². The normalized spacial score (nSPS) is 22.2. The first-order valence-corrected chi connectivity index (χ1v) is 9.96. The number of carbonyl (C=O) groups is 3. The molecule has 0 aromatic carbocycles. The molecule has 0 spiro atoms. The molecule has 0 amide bonds. The fraction of sp³-hybridized carbons (Fsp3) is 0.737. The summed E-state index contributed by atoms with van der Waals surface area (Å²) in [6.07, 6.45) is -9.79. The van der Waals surface area contributed by atoms with Crippen molar-refractivity contribution < 1.29 is 68.8 Å². The molecule has 2 fully saturated rings. The molecule has 36 heavy (non-hydrogen) atoms. The summed E-state index contributed by atoms with van der Waals surface area (Å²) in [6.45, 7) is 6.12. The second-order valence-electron chi connectivity index (χ2n) is 8.16. The number of carboxylic acids is 2. The van der Waals surface area contributed by atoms with E-state index < -0.39 is 53.8 Å². The number of hydrogen-bond acceptors (Lipinski definition) is 6. The number of nitrogens with one attached hydrogen (secondary N) is 1. The van der Waals surface area contributed by atoms with Gasteiger partial charge in [-0.1, -0.05) is 12.7 Å². The number of ether oxygens (including phenoxy) is 1. The van der Waals surface area contributed by atoms with Gasteiger partial charge in [0.2, 0.25) is 0 Å². The van der Waals surface area contributed by atoms with Gasteiger partial charge in [0.15, 0.2) is 0 Å². The number of esters is 1. The van der Waals surface area contributed by atoms with Crippen molar-refractivity contribution in [3.8, 4) is 0 Å². The third-order valence-corrected chi connectivity index (χ3v) is 5.06. The molecule has 0 bridgehead atoms. The highest BCUT2D eigenvalue weighted by atomic mass is 19.4. The van der Waals surface area contributed by atoms with E-state index >= 15 is 0 Å². The number of alkyl halides is 9. The predicted molar refractivity (Wildman–Crippen MR) is 104 cm³/mol. The van der Waals surface area contributed by atoms with Gasteiger partial charge in [-0.25, -0.2) is 22.8 Å². The average molecular weight is 548 g/mol. The second-order valence-corrected chi connectivity index (χ2v) is 8.16. The van der Waals surface area contributed by atoms with Crippen LogP contribution in [-0.4, -0.2) is 95.8 Å². The van der Waals surface area contributed by atoms with E-state index in [2.05, 4.69) is 11.9 Å². The fourth-order valence-electron chi connectivity index (χ4n) is 3.09. The van der Waals surface area contributed by atoms with Crippen LogP contribution in [0.25, 0.3) is 0 Å². The minimum atomic E-state index is -5.08. The summed E-state index contributed by atoms with van der Waals surface area (Å²) in [5.41, 5.74) is -1.39. The molecule has 0 aromatic rings. The molecular weight excluding hydrogens is 523 g/mol. The molecule has 0 aromatic heterocycles. The minimum Gasteiger partial charge on any atom is -0.475 e. The van der Waals surface area contributed by atoms with Crippen molar-refractivity contribution in [1.29, 1.82) is 0 Å². The second kappa shape index (κ2) is 12.6. The van der Waals surface area contributed by atoms with Crippen molar-refractivity contribution in [3.05, 3.63) is 12.7 Å². The maximum Gasteiger partial charge on any atom is 0.490 e. The SMILES string of the molecule is C=CCOC(=O)C(C)(C)[C@H](F)CN1CC[C@@H]2NCC(F)(F)[C@@H]21.O=C(O)C(F)(F)F.O=C(O)C(F)(F)F. The van der Waals surface area contributed by atoms with E-state index in [0.717, 1.165) is 0 Å². The highest BCUT2D eigenvalue weighted by Crippen LogP contribution is 2.37. The van der Waals surface area contributed by atoms with Crippen molar-refractivity contribution in [2.24, 2.45) is 5.41 Å². The Morgan fingerprint density at radius 3 is 1.94 bits per heavy atom. The number of likely N-dealkylation sites (tertiary alicyclic amines) is 1. The fourth-order valence-corrected chi connectivity index (χ4v) is 3.09. The molecule has 0 aliphatic carbocycles. The molecule has 2 rings (SSSR count). The maximum atomic E-state index is 14.6. The summed E-state index contributed by atoms with van der Waals surface area (Å²) < 4.78 is 111. The number of carbonyl (C=O) groups excluding carboxylic acids is 1. The first kappa shape index (κ1) is 33.4. The van der Waals surface area contributed by atoms with Crippen molar-refractivity contribution in [2.45, 2.75) is 56.8 Å². The largest absolute Gasteiger partial charge is 0.490 e. The Morgan fingerprint density at radius 1 is 1.11 bits per heavy atom. The number of halogens is 9. The molecule has 0 radical (unpaired) electrons. The summed E-state index contributed by atoms with van der Waals surface area (Å²) in [5, 5.41) is 17.0. The Bertz CT molecular complexity index is 762. The highest BCUT2D eigenvalue weighted by molar-refractivity contribution is 5.76. The van der Waals surface area contributed by atoms with Crippen LogP contribution >= 0.6 is 0 Å². The van der Waals surface area contributed by atoms with Gasteiger partial charge in [-0.3, -0.25) is 9.69 Å². The predicted octanol–water partition coefficient (Wildman–Crippen LogP) is 3.03. The molecule has 17 heteroatoms. The van der Waals surface area contributed by atoms with Crippen LogP contribution in [0.5, 0.6) is 0 Å². The molecule has 2 aliphatic rings. The molecule has 2 saturated heterocycles. The number of hydrogen-bond donors (Lipinski definition) is 3. The van der Waals surface area contributed by atoms with Crippen molar-refractivity contribution >= 4 is 17.9 Å². The zero-order valence-corrected chi connectivity index (χ0v) is 18.9. The van der Waals surface area contributed by atoms with Crippen LogP contribution < -0.4 is 5.32 Å². The summed E-state index contributed by atoms with van der Waals surface area (Å²) in [5.74, 6) is -9.07. The van der Waals surface area contributed by atoms with Crippen LogP contribution in [0.4, 0.5) is 39.5 Å². The Morgan fingerprint density at radius 2 is 1.56 bits per heavy atom. The lowest BCUT2D eigenvalue weighted by atomic mass is 9.87. The Kier molecular flexibility index (Phi) is 11.7. The van der Waals surface area contributed by atoms with Gasteiger partial charge in [-0.05, 0) is 20.3 Å². The van der Waals surface area contributed by atoms with Crippen LogP contribution in [0.2, 0.25) is 0 Å². The van der Waals surface area contributed by atoms with Gasteiger partial charge < -0.3 is 20.3 Å². The molecule has 2 heterocycles. The molecule has 3 atom stereocenters. The third kappa shape index (κ3) is 9.83. The van der Waals surface area contributed by atoms with Crippen molar-refractivity contribution in [3.63, 3.8) is 0 Å². The van der Waals surface area contributed by atoms with Crippen LogP contribution in [0, 0.1) is 5.41 Å². The monoisotopic (exact) mass is 548 g/mol. The third-order valence-electron chi connectivity index (χ3n) is 5.06. The van der Waals surface area contributed by atoms with Gasteiger partial charge in [0.1, 0.15) is 12.8 Å². The number of aliphatic carboxylic acids is 2. The van der Waals surface area contributed by atoms with E-state index in [9.17, 15) is 44.3 Å². The molecule has 0 unspecified atom stereocenters. The van der Waals surface area contributed by atoms with E-state index in [1.165, 1.54) is 24.8 Å². The summed E-state index contributed by atoms with van der Waals surface area (Å²) in [6, 6.07) is -1.30. The van der Waals surface area contributed by atoms with Gasteiger partial charge in [-0.15, -0.1) is 0 Å². The van der Waals surface area contributed by atoms with E-state index in [0.29, 0.717) is 13.0 Å². The summed E-state index contributed by atoms with van der Waals surface area (Å²) in [4.78, 5) is 31.2. The number of nitrogens with zero attached hydrogens (tertiary/aromatic N) is 1. The maximum absolute atomic E-state index is 14.6. The van der Waals surface area contributed by atoms with Gasteiger partial charge in [0.05, 0.1) is 18.0 Å². The van der Waals surface area contributed by atoms with E-state index in [-0.39, 0.29) is 25.7 Å². The zero-order chi connectivity index (χ0) is 28.7. The number of carboxylic acid groups (broad SMARTS) is 2. The highest BCUT2D eigenvalue weighted by Gasteiger charge is 2.56. The summed E-state index contributed by atoms with van der Waals surface area (Å²) in [7, 11) is 0. The standard InChI is InChI=1S/C15H23F3N2O2.2C2HF3O2/c1-4-7-22-13(21)14(2,3)11(16)8-20-6-5-10-12(20)15(17,18)9-19-10;2*3-2(4,5)1(6)7/h4,10-12,19H,1,5-9H2,2-3H3;2*(H,6,7)/t10-,11+,12+;;/m0../s1. The lowest BCUT2D eigenvalue weighted by molar-refractivity contribution is -0.193. The minimum absolute atomic E-state index is 0.00535. The smallest absolute Gasteiger partial charge is 0.475 e. The van der Waals surface area contributed by atoms with Crippen LogP contribution in [0.3, 0.4) is 0 Å². The topological polar surface area (TPSA) is 116 Å². The molecular formula is C19H25F9N2O6. The number of rotatable bonds is 6. The van der Waals surface area contributed by atoms with Gasteiger partial charge in [-0.2, -0.15) is 26.3 Å². The molecule has 2 aliphatic heterocycles. The van der Waals surface area contributed by atoms with Crippen molar-refractivity contribution in [2.75, 3.05) is 26.2 Å². The van der Waals surface area contributed by atoms with E-state index in [4.69, 9.17) is 24.5 Å². The average Bonchev–Trinajstić information content (AvgIpc) is 3.26. The van der Waals surface area contributed by atoms with Gasteiger partial charge in [0, 0.05) is 19.1 Å². The van der Waals surface area contributed by atoms with E-state index in [1.54, 1.807) is 0 Å². The van der Waals surface area contributed by atoms with Gasteiger partial charge >= 0.3 is 30.3 Å². The molecule has 0 saturated carbocycles. The lowest BCUT2D eigenvalue weighted by Gasteiger charge is -2.33. The van der Waals surface area contributed by atoms with Crippen molar-refractivity contribution in [1.82, 2.24) is 10.2 Å². The zero-order valence-electron chi connectivity index (χ0n) is 18.9. The molecule has 8 nitrogen and oxygen atoms in total. The Hall–Kier alpha value is -2.56. The molecule has 210 valence electrons.